The van der Waals surface area contributed by atoms with Gasteiger partial charge in [-0.2, -0.15) is 0 Å². The number of carbonyl (C=O) groups is 9. The molecule has 3 heterocycles. The molecular formula is C46H73N11O14. The molecule has 1 aromatic rings. The zero-order valence-electron chi connectivity index (χ0n) is 40.4. The maximum absolute atomic E-state index is 14.4. The highest BCUT2D eigenvalue weighted by atomic mass is 16.4. The molecule has 0 unspecified atom stereocenters. The fourth-order valence-corrected chi connectivity index (χ4v) is 9.02. The molecule has 0 bridgehead atoms. The summed E-state index contributed by atoms with van der Waals surface area (Å²) >= 11 is 0. The summed E-state index contributed by atoms with van der Waals surface area (Å²) in [6.07, 6.45) is 0.0320. The van der Waals surface area contributed by atoms with E-state index in [1.54, 1.807) is 0 Å². The second-order valence-corrected chi connectivity index (χ2v) is 18.5. The number of β-amino-alcohol motifs (C(OH)–C–C–N with tert-alkyl or cyclic N) is 1. The van der Waals surface area contributed by atoms with Gasteiger partial charge in [0.05, 0.1) is 24.9 Å². The second-order valence-electron chi connectivity index (χ2n) is 18.5. The summed E-state index contributed by atoms with van der Waals surface area (Å²) in [5.41, 5.74) is 17.3. The number of phenolic OH excluding ortho intramolecular Hbond substituents is 1. The first kappa shape index (κ1) is 57.6. The topological polar surface area (TPSA) is 403 Å². The molecule has 3 saturated heterocycles. The molecule has 396 valence electrons. The Kier molecular flexibility index (Phi) is 22.4. The first-order valence-electron chi connectivity index (χ1n) is 24.3. The van der Waals surface area contributed by atoms with E-state index in [4.69, 9.17) is 17.2 Å². The van der Waals surface area contributed by atoms with Gasteiger partial charge in [-0.05, 0) is 109 Å². The maximum atomic E-state index is 14.4. The number of unbranched alkanes of at least 4 members (excludes halogenated alkanes) is 2. The lowest BCUT2D eigenvalue weighted by molar-refractivity contribution is -0.146. The van der Waals surface area contributed by atoms with Gasteiger partial charge in [-0.15, -0.1) is 0 Å². The van der Waals surface area contributed by atoms with Crippen molar-refractivity contribution in [3.05, 3.63) is 29.8 Å². The number of rotatable bonds is 26. The van der Waals surface area contributed by atoms with Crippen LogP contribution in [0.3, 0.4) is 0 Å². The summed E-state index contributed by atoms with van der Waals surface area (Å²) in [6, 6.07) is -6.04. The highest BCUT2D eigenvalue weighted by Crippen LogP contribution is 2.24. The van der Waals surface area contributed by atoms with Gasteiger partial charge in [0.15, 0.2) is 0 Å². The number of hydrogen-bond donors (Lipinski definition) is 13. The molecule has 0 saturated carbocycles. The Morgan fingerprint density at radius 2 is 1.15 bits per heavy atom. The SMILES string of the molecule is C[C@H](N)C(=O)N[C@@H](CCCCN)C(=O)N1CCC[C@H]1C(=O)N[C@@H](CO)C(=O)N1CCC[C@H]1C(=O)N[C@H](C(=O)N[C@@H](Cc1ccc(O)cc1)C(=O)N1C[C@H](O)C[C@H]1C(=O)N[C@@H](CCCCN)C(=O)O)[C@@H](C)O. The van der Waals surface area contributed by atoms with Crippen molar-refractivity contribution in [1.82, 2.24) is 41.3 Å². The first-order chi connectivity index (χ1) is 33.7. The molecule has 8 amide bonds. The third-order valence-electron chi connectivity index (χ3n) is 12.9. The number of amides is 8. The van der Waals surface area contributed by atoms with Gasteiger partial charge in [-0.25, -0.2) is 4.79 Å². The van der Waals surface area contributed by atoms with Crippen LogP contribution in [0.1, 0.15) is 90.0 Å². The number of carbonyl (C=O) groups excluding carboxylic acids is 8. The molecular weight excluding hydrogens is 931 g/mol. The Balaban J connectivity index is 1.49. The molecule has 71 heavy (non-hydrogen) atoms. The fourth-order valence-electron chi connectivity index (χ4n) is 9.02. The number of aromatic hydroxyl groups is 1. The van der Waals surface area contributed by atoms with Crippen LogP contribution in [0, 0.1) is 0 Å². The van der Waals surface area contributed by atoms with Gasteiger partial charge in [-0.1, -0.05) is 12.1 Å². The molecule has 0 aliphatic carbocycles. The van der Waals surface area contributed by atoms with E-state index >= 15 is 0 Å². The number of carboxylic acid groups (broad SMARTS) is 1. The van der Waals surface area contributed by atoms with E-state index in [9.17, 15) is 68.7 Å². The lowest BCUT2D eigenvalue weighted by atomic mass is 10.0. The van der Waals surface area contributed by atoms with Crippen molar-refractivity contribution in [3.63, 3.8) is 0 Å². The van der Waals surface area contributed by atoms with E-state index in [1.165, 1.54) is 43.0 Å². The van der Waals surface area contributed by atoms with Gasteiger partial charge in [0.1, 0.15) is 54.1 Å². The summed E-state index contributed by atoms with van der Waals surface area (Å²) in [7, 11) is 0. The smallest absolute Gasteiger partial charge is 0.326 e. The molecule has 25 nitrogen and oxygen atoms in total. The minimum Gasteiger partial charge on any atom is -0.508 e. The van der Waals surface area contributed by atoms with Gasteiger partial charge in [-0.3, -0.25) is 38.4 Å². The zero-order valence-corrected chi connectivity index (χ0v) is 40.4. The molecule has 11 atom stereocenters. The molecule has 3 aliphatic rings. The van der Waals surface area contributed by atoms with Crippen LogP contribution in [0.4, 0.5) is 0 Å². The Labute approximate surface area is 411 Å². The van der Waals surface area contributed by atoms with Crippen LogP contribution in [-0.4, -0.2) is 199 Å². The molecule has 4 rings (SSSR count). The summed E-state index contributed by atoms with van der Waals surface area (Å²) in [5, 5.41) is 64.2. The predicted octanol–water partition coefficient (Wildman–Crippen LogP) is -4.63. The number of nitrogens with one attached hydrogen (secondary N) is 5. The van der Waals surface area contributed by atoms with Crippen LogP contribution in [0.5, 0.6) is 5.75 Å². The Bertz CT molecular complexity index is 2030. The highest BCUT2D eigenvalue weighted by molar-refractivity contribution is 5.99. The van der Waals surface area contributed by atoms with Crippen LogP contribution in [0.2, 0.25) is 0 Å². The average Bonchev–Trinajstić information content (AvgIpc) is 4.12. The van der Waals surface area contributed by atoms with E-state index in [2.05, 4.69) is 26.6 Å². The molecule has 25 heteroatoms. The summed E-state index contributed by atoms with van der Waals surface area (Å²) < 4.78 is 0. The van der Waals surface area contributed by atoms with E-state index in [-0.39, 0.29) is 63.9 Å². The molecule has 1 aromatic carbocycles. The third-order valence-corrected chi connectivity index (χ3v) is 12.9. The minimum absolute atomic E-state index is 0.00711. The van der Waals surface area contributed by atoms with Crippen LogP contribution < -0.4 is 43.8 Å². The fraction of sp³-hybridized carbons (Fsp3) is 0.674. The lowest BCUT2D eigenvalue weighted by Crippen LogP contribution is -2.62. The summed E-state index contributed by atoms with van der Waals surface area (Å²) in [5.74, 6) is -7.73. The Morgan fingerprint density at radius 3 is 1.68 bits per heavy atom. The van der Waals surface area contributed by atoms with Crippen molar-refractivity contribution in [3.8, 4) is 5.75 Å². The second kappa shape index (κ2) is 27.6. The summed E-state index contributed by atoms with van der Waals surface area (Å²) in [4.78, 5) is 125. The number of aliphatic hydroxyl groups excluding tert-OH is 3. The number of nitrogens with two attached hydrogens (primary N) is 3. The average molecular weight is 1000 g/mol. The van der Waals surface area contributed by atoms with E-state index in [1.807, 2.05) is 0 Å². The number of hydrogen-bond acceptors (Lipinski definition) is 16. The van der Waals surface area contributed by atoms with Gasteiger partial charge < -0.3 is 84.0 Å². The van der Waals surface area contributed by atoms with Crippen LogP contribution in [0.15, 0.2) is 24.3 Å². The van der Waals surface area contributed by atoms with E-state index in [0.29, 0.717) is 57.2 Å². The van der Waals surface area contributed by atoms with Crippen molar-refractivity contribution in [2.24, 2.45) is 17.2 Å². The van der Waals surface area contributed by atoms with E-state index in [0.717, 1.165) is 9.80 Å². The molecule has 3 aliphatic heterocycles. The number of phenols is 1. The quantitative estimate of drug-likeness (QED) is 0.0388. The van der Waals surface area contributed by atoms with Crippen LogP contribution in [-0.2, 0) is 49.6 Å². The molecule has 0 aromatic heterocycles. The molecule has 0 spiro atoms. The Hall–Kier alpha value is -5.99. The monoisotopic (exact) mass is 1000 g/mol. The number of aliphatic carboxylic acids is 1. The van der Waals surface area contributed by atoms with Crippen molar-refractivity contribution in [1.29, 1.82) is 0 Å². The van der Waals surface area contributed by atoms with E-state index < -0.39 is 126 Å². The van der Waals surface area contributed by atoms with Crippen molar-refractivity contribution >= 4 is 53.2 Å². The minimum atomic E-state index is -1.74. The number of nitrogens with zero attached hydrogens (tertiary/aromatic N) is 3. The number of carboxylic acids is 1. The third kappa shape index (κ3) is 16.0. The normalized spacial score (nSPS) is 21.8. The lowest BCUT2D eigenvalue weighted by Gasteiger charge is -2.32. The highest BCUT2D eigenvalue weighted by Gasteiger charge is 2.45. The zero-order chi connectivity index (χ0) is 52.5. The van der Waals surface area contributed by atoms with Crippen LogP contribution >= 0.6 is 0 Å². The van der Waals surface area contributed by atoms with Crippen molar-refractivity contribution in [2.45, 2.75) is 157 Å². The van der Waals surface area contributed by atoms with Gasteiger partial charge in [0.2, 0.25) is 47.3 Å². The maximum Gasteiger partial charge on any atom is 0.326 e. The van der Waals surface area contributed by atoms with Crippen molar-refractivity contribution in [2.75, 3.05) is 39.3 Å². The molecule has 0 radical (unpaired) electrons. The number of aliphatic hydroxyl groups is 3. The molecule has 16 N–H and O–H groups in total. The van der Waals surface area contributed by atoms with Gasteiger partial charge in [0.25, 0.3) is 0 Å². The van der Waals surface area contributed by atoms with Gasteiger partial charge >= 0.3 is 5.97 Å². The summed E-state index contributed by atoms with van der Waals surface area (Å²) in [6.45, 7) is 2.28. The number of likely N-dealkylation sites (tertiary alicyclic amines) is 3. The van der Waals surface area contributed by atoms with Gasteiger partial charge in [0, 0.05) is 32.5 Å². The first-order valence-corrected chi connectivity index (χ1v) is 24.3. The number of benzene rings is 1. The predicted molar refractivity (Wildman–Crippen MR) is 253 cm³/mol. The van der Waals surface area contributed by atoms with Crippen molar-refractivity contribution < 1.29 is 68.7 Å². The largest absolute Gasteiger partial charge is 0.508 e. The Morgan fingerprint density at radius 1 is 0.662 bits per heavy atom. The van der Waals surface area contributed by atoms with Crippen LogP contribution in [0.25, 0.3) is 0 Å². The standard InChI is InChI=1S/C46H73N11O14/c1-25(49)38(62)50-30(9-3-5-17-47)43(67)55-19-7-11-34(55)39(63)53-33(24-58)45(69)56-20-8-12-35(56)40(64)54-37(26(2)59)42(66)52-32(21-27-13-15-28(60)16-14-27)44(68)57-23-29(61)22-36(57)41(65)51-31(46(70)71)10-4-6-18-48/h13-16,25-26,29-37,58-61H,3-12,17-24,47-49H2,1-2H3,(H,50,62)(H,51,65)(H,52,66)(H,53,63)(H,54,64)(H,70,71)/t25-,26+,29+,30-,31-,32-,33-,34-,35-,36-,37-/m0/s1. The molecule has 3 fully saturated rings.